The van der Waals surface area contributed by atoms with E-state index >= 15 is 0 Å². The minimum absolute atomic E-state index is 0.197. The van der Waals surface area contributed by atoms with Gasteiger partial charge in [0, 0.05) is 17.7 Å². The van der Waals surface area contributed by atoms with Gasteiger partial charge >= 0.3 is 0 Å². The third-order valence-corrected chi connectivity index (χ3v) is 2.13. The molecule has 1 aromatic rings. The zero-order chi connectivity index (χ0) is 9.97. The first kappa shape index (κ1) is 8.64. The summed E-state index contributed by atoms with van der Waals surface area (Å²) in [6.07, 6.45) is 2.75. The number of aryl methyl sites for hydroxylation is 1. The predicted molar refractivity (Wildman–Crippen MR) is 50.6 cm³/mol. The summed E-state index contributed by atoms with van der Waals surface area (Å²) in [5.41, 5.74) is 1.08. The van der Waals surface area contributed by atoms with E-state index in [2.05, 4.69) is 11.1 Å². The topological polar surface area (TPSA) is 53.2 Å². The number of nitrogens with zero attached hydrogens (tertiary/aromatic N) is 2. The van der Waals surface area contributed by atoms with Gasteiger partial charge in [-0.15, -0.1) is 0 Å². The van der Waals surface area contributed by atoms with Gasteiger partial charge in [0.15, 0.2) is 0 Å². The van der Waals surface area contributed by atoms with Crippen molar-refractivity contribution in [3.05, 3.63) is 34.3 Å². The third kappa shape index (κ3) is 1.55. The molecule has 1 heterocycles. The number of carbonyl (C=O) groups excluding carboxylic acids is 1. The van der Waals surface area contributed by atoms with E-state index in [9.17, 15) is 4.79 Å². The van der Waals surface area contributed by atoms with Gasteiger partial charge in [0.25, 0.3) is 5.91 Å². The van der Waals surface area contributed by atoms with Crippen LogP contribution in [-0.2, 0) is 11.2 Å². The Labute approximate surface area is 81.0 Å². The van der Waals surface area contributed by atoms with Crippen molar-refractivity contribution in [2.45, 2.75) is 12.8 Å². The Bertz CT molecular complexity index is 537. The Balaban J connectivity index is 2.40. The number of hydrogen-bond acceptors (Lipinski definition) is 2. The van der Waals surface area contributed by atoms with E-state index in [1.807, 2.05) is 18.2 Å². The van der Waals surface area contributed by atoms with E-state index < -0.39 is 0 Å². The largest absolute Gasteiger partial charge is 0.270 e. The lowest BCUT2D eigenvalue weighted by atomic mass is 10.1. The van der Waals surface area contributed by atoms with Gasteiger partial charge < -0.3 is 0 Å². The second-order valence-corrected chi connectivity index (χ2v) is 3.15. The van der Waals surface area contributed by atoms with E-state index in [0.717, 1.165) is 22.6 Å². The number of carbonyl (C=O) groups is 1. The van der Waals surface area contributed by atoms with Crippen LogP contribution in [0, 0.1) is 11.3 Å². The highest BCUT2D eigenvalue weighted by Crippen LogP contribution is 1.98. The van der Waals surface area contributed by atoms with Crippen molar-refractivity contribution >= 4 is 12.0 Å². The summed E-state index contributed by atoms with van der Waals surface area (Å²) in [5, 5.41) is 10.0. The van der Waals surface area contributed by atoms with Crippen molar-refractivity contribution in [2.75, 3.05) is 0 Å². The van der Waals surface area contributed by atoms with Gasteiger partial charge in [0.05, 0.1) is 11.4 Å². The Hall–Kier alpha value is -1.95. The number of rotatable bonds is 2. The minimum Gasteiger partial charge on any atom is -0.267 e. The molecule has 14 heavy (non-hydrogen) atoms. The van der Waals surface area contributed by atoms with Crippen LogP contribution in [0.4, 0.5) is 0 Å². The van der Waals surface area contributed by atoms with Crippen LogP contribution < -0.4 is 10.6 Å². The summed E-state index contributed by atoms with van der Waals surface area (Å²) in [4.78, 5) is 14.8. The lowest BCUT2D eigenvalue weighted by molar-refractivity contribution is -0.112. The minimum atomic E-state index is -0.197. The van der Waals surface area contributed by atoms with Crippen molar-refractivity contribution in [1.82, 2.24) is 0 Å². The molecule has 0 aromatic heterocycles. The summed E-state index contributed by atoms with van der Waals surface area (Å²) < 4.78 is 0. The third-order valence-electron chi connectivity index (χ3n) is 2.13. The molecule has 0 spiro atoms. The van der Waals surface area contributed by atoms with Gasteiger partial charge in [-0.1, -0.05) is 6.07 Å². The van der Waals surface area contributed by atoms with Crippen LogP contribution >= 0.6 is 0 Å². The molecule has 1 aliphatic heterocycles. The second kappa shape index (κ2) is 3.43. The lowest BCUT2D eigenvalue weighted by Crippen LogP contribution is -2.21. The van der Waals surface area contributed by atoms with Gasteiger partial charge in [0.2, 0.25) is 0 Å². The van der Waals surface area contributed by atoms with Crippen LogP contribution in [0.3, 0.4) is 0 Å². The van der Waals surface area contributed by atoms with Gasteiger partial charge in [-0.3, -0.25) is 4.79 Å². The van der Waals surface area contributed by atoms with Crippen LogP contribution in [-0.4, -0.2) is 5.91 Å². The molecule has 0 aliphatic carbocycles. The molecule has 0 atom stereocenters. The van der Waals surface area contributed by atoms with Crippen molar-refractivity contribution < 1.29 is 4.79 Å². The number of amides is 1. The number of benzene rings is 1. The van der Waals surface area contributed by atoms with Crippen molar-refractivity contribution in [3.8, 4) is 6.07 Å². The average molecular weight is 184 g/mol. The average Bonchev–Trinajstić information content (AvgIpc) is 2.54. The number of nitriles is 1. The Morgan fingerprint density at radius 1 is 1.43 bits per heavy atom. The highest BCUT2D eigenvalue weighted by Gasteiger charge is 2.03. The monoisotopic (exact) mass is 184 g/mol. The Morgan fingerprint density at radius 3 is 3.07 bits per heavy atom. The van der Waals surface area contributed by atoms with Crippen LogP contribution in [0.25, 0.3) is 6.08 Å². The highest BCUT2D eigenvalue weighted by molar-refractivity contribution is 6.06. The zero-order valence-corrected chi connectivity index (χ0v) is 7.53. The molecule has 68 valence electrons. The van der Waals surface area contributed by atoms with E-state index in [0.29, 0.717) is 6.42 Å². The Kier molecular flexibility index (Phi) is 2.11. The molecule has 0 unspecified atom stereocenters. The maximum atomic E-state index is 11.0. The normalized spacial score (nSPS) is 12.6. The number of fused-ring (bicyclic) bond motifs is 1. The molecule has 0 bridgehead atoms. The van der Waals surface area contributed by atoms with Crippen LogP contribution in [0.5, 0.6) is 0 Å². The zero-order valence-electron chi connectivity index (χ0n) is 7.53. The van der Waals surface area contributed by atoms with Crippen molar-refractivity contribution in [3.63, 3.8) is 0 Å². The second-order valence-electron chi connectivity index (χ2n) is 3.15. The van der Waals surface area contributed by atoms with E-state index in [-0.39, 0.29) is 5.91 Å². The summed E-state index contributed by atoms with van der Waals surface area (Å²) in [6, 6.07) is 7.74. The maximum Gasteiger partial charge on any atom is 0.270 e. The quantitative estimate of drug-likeness (QED) is 0.653. The van der Waals surface area contributed by atoms with Gasteiger partial charge in [-0.25, -0.2) is 4.99 Å². The first-order valence-electron chi connectivity index (χ1n) is 4.40. The molecular weight excluding hydrogens is 176 g/mol. The summed E-state index contributed by atoms with van der Waals surface area (Å²) in [7, 11) is 0. The molecule has 3 nitrogen and oxygen atoms in total. The molecule has 1 aliphatic rings. The molecule has 1 amide bonds. The van der Waals surface area contributed by atoms with Gasteiger partial charge in [-0.05, 0) is 24.1 Å². The fourth-order valence-corrected chi connectivity index (χ4v) is 1.46. The van der Waals surface area contributed by atoms with Gasteiger partial charge in [-0.2, -0.15) is 5.26 Å². The Morgan fingerprint density at radius 2 is 2.29 bits per heavy atom. The molecule has 1 aromatic carbocycles. The smallest absolute Gasteiger partial charge is 0.267 e. The molecule has 0 saturated heterocycles. The van der Waals surface area contributed by atoms with Crippen LogP contribution in [0.2, 0.25) is 0 Å². The maximum absolute atomic E-state index is 11.0. The van der Waals surface area contributed by atoms with Crippen LogP contribution in [0.15, 0.2) is 23.2 Å². The van der Waals surface area contributed by atoms with Gasteiger partial charge in [0.1, 0.15) is 0 Å². The fourth-order valence-electron chi connectivity index (χ4n) is 1.46. The van der Waals surface area contributed by atoms with Crippen molar-refractivity contribution in [1.29, 1.82) is 5.26 Å². The lowest BCUT2D eigenvalue weighted by Gasteiger charge is -1.94. The first-order valence-corrected chi connectivity index (χ1v) is 4.40. The molecule has 0 fully saturated rings. The molecule has 0 N–H and O–H groups in total. The van der Waals surface area contributed by atoms with E-state index in [1.165, 1.54) is 6.08 Å². The van der Waals surface area contributed by atoms with Crippen LogP contribution in [0.1, 0.15) is 12.0 Å². The highest BCUT2D eigenvalue weighted by atomic mass is 16.1. The first-order chi connectivity index (χ1) is 6.79. The summed E-state index contributed by atoms with van der Waals surface area (Å²) >= 11 is 0. The molecular formula is C11H8N2O. The number of hydrogen-bond donors (Lipinski definition) is 0. The molecule has 3 heteroatoms. The summed E-state index contributed by atoms with van der Waals surface area (Å²) in [6.45, 7) is 0. The molecule has 2 rings (SSSR count). The summed E-state index contributed by atoms with van der Waals surface area (Å²) in [5.74, 6) is -0.197. The van der Waals surface area contributed by atoms with E-state index in [4.69, 9.17) is 5.26 Å². The van der Waals surface area contributed by atoms with E-state index in [1.54, 1.807) is 0 Å². The SMILES string of the molecule is N#CCCc1ccc2c(c1)=CC(=O)N=2. The molecule has 0 radical (unpaired) electrons. The fraction of sp³-hybridized carbons (Fsp3) is 0.182. The standard InChI is InChI=1S/C11H8N2O/c12-5-1-2-8-3-4-10-9(6-8)7-11(14)13-10/h3-4,6-7H,1-2H2. The predicted octanol–water partition coefficient (Wildman–Crippen LogP) is 0.0831. The van der Waals surface area contributed by atoms with Crippen molar-refractivity contribution in [2.24, 2.45) is 4.99 Å². The molecule has 0 saturated carbocycles.